The topological polar surface area (TPSA) is 30.5 Å². The third-order valence-electron chi connectivity index (χ3n) is 3.39. The van der Waals surface area contributed by atoms with Crippen molar-refractivity contribution in [2.75, 3.05) is 26.9 Å². The number of benzene rings is 1. The van der Waals surface area contributed by atoms with Gasteiger partial charge in [-0.25, -0.2) is 0 Å². The molecule has 0 aliphatic heterocycles. The van der Waals surface area contributed by atoms with Crippen molar-refractivity contribution in [3.63, 3.8) is 0 Å². The van der Waals surface area contributed by atoms with E-state index < -0.39 is 0 Å². The summed E-state index contributed by atoms with van der Waals surface area (Å²) in [4.78, 5) is 0. The van der Waals surface area contributed by atoms with E-state index in [4.69, 9.17) is 9.47 Å². The highest BCUT2D eigenvalue weighted by atomic mass is 32.1. The van der Waals surface area contributed by atoms with Crippen molar-refractivity contribution < 1.29 is 9.47 Å². The van der Waals surface area contributed by atoms with E-state index in [-0.39, 0.29) is 6.04 Å². The van der Waals surface area contributed by atoms with Gasteiger partial charge >= 0.3 is 0 Å². The monoisotopic (exact) mass is 305 g/mol. The average molecular weight is 305 g/mol. The molecule has 3 nitrogen and oxygen atoms in total. The van der Waals surface area contributed by atoms with Crippen LogP contribution in [0.15, 0.2) is 35.0 Å². The average Bonchev–Trinajstić information content (AvgIpc) is 2.92. The Balaban J connectivity index is 2.30. The van der Waals surface area contributed by atoms with Crippen molar-refractivity contribution in [2.45, 2.75) is 19.9 Å². The predicted molar refractivity (Wildman–Crippen MR) is 88.4 cm³/mol. The van der Waals surface area contributed by atoms with Gasteiger partial charge in [0.1, 0.15) is 12.4 Å². The summed E-state index contributed by atoms with van der Waals surface area (Å²) < 4.78 is 10.9. The van der Waals surface area contributed by atoms with Crippen LogP contribution in [0.1, 0.15) is 29.7 Å². The summed E-state index contributed by atoms with van der Waals surface area (Å²) in [7, 11) is 1.69. The zero-order valence-electron chi connectivity index (χ0n) is 12.9. The standard InChI is InChI=1S/C17H23NO2S/c1-4-18-17(15-12-21-11-13(15)2)14-7-5-6-8-16(14)20-10-9-19-3/h5-8,11-12,17-18H,4,9-10H2,1-3H3. The molecule has 0 saturated heterocycles. The van der Waals surface area contributed by atoms with Crippen molar-refractivity contribution in [1.29, 1.82) is 0 Å². The summed E-state index contributed by atoms with van der Waals surface area (Å²) >= 11 is 1.74. The molecule has 0 saturated carbocycles. The Bertz CT molecular complexity index is 553. The van der Waals surface area contributed by atoms with Gasteiger partial charge in [0.25, 0.3) is 0 Å². The highest BCUT2D eigenvalue weighted by Crippen LogP contribution is 2.33. The minimum Gasteiger partial charge on any atom is -0.491 e. The Morgan fingerprint density at radius 3 is 2.62 bits per heavy atom. The summed E-state index contributed by atoms with van der Waals surface area (Å²) in [6.07, 6.45) is 0. The number of nitrogens with one attached hydrogen (secondary N) is 1. The number of hydrogen-bond acceptors (Lipinski definition) is 4. The van der Waals surface area contributed by atoms with Crippen LogP contribution in [-0.4, -0.2) is 26.9 Å². The van der Waals surface area contributed by atoms with Crippen LogP contribution >= 0.6 is 11.3 Å². The minimum absolute atomic E-state index is 0.167. The molecule has 2 rings (SSSR count). The van der Waals surface area contributed by atoms with E-state index in [1.807, 2.05) is 12.1 Å². The molecule has 0 aliphatic carbocycles. The summed E-state index contributed by atoms with van der Waals surface area (Å²) in [6.45, 7) is 6.35. The quantitative estimate of drug-likeness (QED) is 0.753. The van der Waals surface area contributed by atoms with E-state index >= 15 is 0 Å². The smallest absolute Gasteiger partial charge is 0.124 e. The van der Waals surface area contributed by atoms with Crippen LogP contribution in [0.5, 0.6) is 5.75 Å². The summed E-state index contributed by atoms with van der Waals surface area (Å²) in [5.74, 6) is 0.922. The van der Waals surface area contributed by atoms with Crippen LogP contribution in [0.2, 0.25) is 0 Å². The SMILES string of the molecule is CCNC(c1cscc1C)c1ccccc1OCCOC. The highest BCUT2D eigenvalue weighted by molar-refractivity contribution is 7.08. The molecule has 114 valence electrons. The van der Waals surface area contributed by atoms with E-state index in [0.717, 1.165) is 12.3 Å². The fourth-order valence-electron chi connectivity index (χ4n) is 2.34. The zero-order valence-corrected chi connectivity index (χ0v) is 13.7. The van der Waals surface area contributed by atoms with Gasteiger partial charge < -0.3 is 14.8 Å². The second-order valence-electron chi connectivity index (χ2n) is 4.88. The Morgan fingerprint density at radius 2 is 1.95 bits per heavy atom. The predicted octanol–water partition coefficient (Wildman–Crippen LogP) is 3.78. The van der Waals surface area contributed by atoms with Crippen LogP contribution in [0.25, 0.3) is 0 Å². The molecule has 1 heterocycles. The Morgan fingerprint density at radius 1 is 1.14 bits per heavy atom. The van der Waals surface area contributed by atoms with E-state index in [2.05, 4.69) is 42.1 Å². The molecule has 4 heteroatoms. The lowest BCUT2D eigenvalue weighted by Crippen LogP contribution is -2.23. The van der Waals surface area contributed by atoms with Gasteiger partial charge in [-0.05, 0) is 41.4 Å². The minimum atomic E-state index is 0.167. The fourth-order valence-corrected chi connectivity index (χ4v) is 3.22. The second-order valence-corrected chi connectivity index (χ2v) is 5.62. The molecule has 0 spiro atoms. The lowest BCUT2D eigenvalue weighted by atomic mass is 9.97. The lowest BCUT2D eigenvalue weighted by Gasteiger charge is -2.21. The van der Waals surface area contributed by atoms with Crippen LogP contribution in [0.4, 0.5) is 0 Å². The maximum absolute atomic E-state index is 5.88. The molecule has 0 amide bonds. The Kier molecular flexibility index (Phi) is 6.23. The zero-order chi connectivity index (χ0) is 15.1. The third-order valence-corrected chi connectivity index (χ3v) is 4.27. The van der Waals surface area contributed by atoms with E-state index in [1.165, 1.54) is 16.7 Å². The number of methoxy groups -OCH3 is 1. The van der Waals surface area contributed by atoms with Gasteiger partial charge in [0.05, 0.1) is 12.6 Å². The van der Waals surface area contributed by atoms with Gasteiger partial charge in [-0.2, -0.15) is 11.3 Å². The maximum atomic E-state index is 5.88. The molecule has 1 atom stereocenters. The number of rotatable bonds is 8. The van der Waals surface area contributed by atoms with E-state index in [9.17, 15) is 0 Å². The van der Waals surface area contributed by atoms with Crippen molar-refractivity contribution >= 4 is 11.3 Å². The maximum Gasteiger partial charge on any atom is 0.124 e. The number of para-hydroxylation sites is 1. The van der Waals surface area contributed by atoms with Crippen molar-refractivity contribution in [3.05, 3.63) is 51.7 Å². The summed E-state index contributed by atoms with van der Waals surface area (Å²) in [5, 5.41) is 7.97. The molecule has 1 aromatic carbocycles. The number of thiophene rings is 1. The molecule has 21 heavy (non-hydrogen) atoms. The fraction of sp³-hybridized carbons (Fsp3) is 0.412. The normalized spacial score (nSPS) is 12.3. The van der Waals surface area contributed by atoms with Gasteiger partial charge in [0.15, 0.2) is 0 Å². The highest BCUT2D eigenvalue weighted by Gasteiger charge is 2.19. The molecule has 1 N–H and O–H groups in total. The van der Waals surface area contributed by atoms with Gasteiger partial charge in [0.2, 0.25) is 0 Å². The van der Waals surface area contributed by atoms with Crippen molar-refractivity contribution in [1.82, 2.24) is 5.32 Å². The Hall–Kier alpha value is -1.36. The molecule has 0 aliphatic rings. The van der Waals surface area contributed by atoms with Crippen LogP contribution in [0, 0.1) is 6.92 Å². The molecule has 0 radical (unpaired) electrons. The van der Waals surface area contributed by atoms with E-state index in [1.54, 1.807) is 18.4 Å². The van der Waals surface area contributed by atoms with Crippen LogP contribution in [-0.2, 0) is 4.74 Å². The van der Waals surface area contributed by atoms with E-state index in [0.29, 0.717) is 13.2 Å². The summed E-state index contributed by atoms with van der Waals surface area (Å²) in [5.41, 5.74) is 3.82. The summed E-state index contributed by atoms with van der Waals surface area (Å²) in [6, 6.07) is 8.39. The lowest BCUT2D eigenvalue weighted by molar-refractivity contribution is 0.145. The van der Waals surface area contributed by atoms with Crippen molar-refractivity contribution in [2.24, 2.45) is 0 Å². The van der Waals surface area contributed by atoms with Gasteiger partial charge in [-0.3, -0.25) is 0 Å². The first-order chi connectivity index (χ1) is 10.3. The molecule has 1 unspecified atom stereocenters. The van der Waals surface area contributed by atoms with Crippen LogP contribution < -0.4 is 10.1 Å². The second kappa shape index (κ2) is 8.17. The number of hydrogen-bond donors (Lipinski definition) is 1. The molecular formula is C17H23NO2S. The largest absolute Gasteiger partial charge is 0.491 e. The van der Waals surface area contributed by atoms with Gasteiger partial charge in [0, 0.05) is 12.7 Å². The molecule has 0 fully saturated rings. The van der Waals surface area contributed by atoms with Crippen molar-refractivity contribution in [3.8, 4) is 5.75 Å². The third kappa shape index (κ3) is 4.06. The number of aryl methyl sites for hydroxylation is 1. The first kappa shape index (κ1) is 16.0. The van der Waals surface area contributed by atoms with Gasteiger partial charge in [-0.1, -0.05) is 25.1 Å². The van der Waals surface area contributed by atoms with Crippen LogP contribution in [0.3, 0.4) is 0 Å². The molecular weight excluding hydrogens is 282 g/mol. The Labute approximate surface area is 130 Å². The molecule has 1 aromatic heterocycles. The first-order valence-electron chi connectivity index (χ1n) is 7.24. The first-order valence-corrected chi connectivity index (χ1v) is 8.19. The van der Waals surface area contributed by atoms with Gasteiger partial charge in [-0.15, -0.1) is 0 Å². The molecule has 0 bridgehead atoms. The number of ether oxygens (including phenoxy) is 2. The molecule has 2 aromatic rings.